The fourth-order valence-electron chi connectivity index (χ4n) is 4.23. The zero-order valence-electron chi connectivity index (χ0n) is 21.8. The molecule has 4 rings (SSSR count). The lowest BCUT2D eigenvalue weighted by Crippen LogP contribution is -2.30. The summed E-state index contributed by atoms with van der Waals surface area (Å²) >= 11 is 0. The first-order valence-corrected chi connectivity index (χ1v) is 14.0. The van der Waals surface area contributed by atoms with Crippen molar-refractivity contribution in [2.45, 2.75) is 31.8 Å². The number of aromatic nitrogens is 2. The molecule has 3 aromatic carbocycles. The van der Waals surface area contributed by atoms with Crippen molar-refractivity contribution >= 4 is 33.0 Å². The van der Waals surface area contributed by atoms with E-state index in [1.807, 2.05) is 65.6 Å². The molecule has 0 unspecified atom stereocenters. The Morgan fingerprint density at radius 1 is 0.821 bits per heavy atom. The highest BCUT2D eigenvalue weighted by Gasteiger charge is 2.28. The van der Waals surface area contributed by atoms with E-state index in [-0.39, 0.29) is 22.2 Å². The van der Waals surface area contributed by atoms with Gasteiger partial charge in [0.2, 0.25) is 21.7 Å². The Hall–Kier alpha value is -4.35. The van der Waals surface area contributed by atoms with Gasteiger partial charge < -0.3 is 10.2 Å². The summed E-state index contributed by atoms with van der Waals surface area (Å²) in [6.45, 7) is 5.06. The number of nitrogens with one attached hydrogen (secondary N) is 1. The van der Waals surface area contributed by atoms with Crippen LogP contribution in [0.1, 0.15) is 25.0 Å². The largest absolute Gasteiger partial charge is 0.353 e. The Bertz CT molecular complexity index is 1460. The molecule has 10 nitrogen and oxygen atoms in total. The maximum atomic E-state index is 12.8. The molecule has 39 heavy (non-hydrogen) atoms. The van der Waals surface area contributed by atoms with E-state index in [1.54, 1.807) is 26.0 Å². The lowest BCUT2D eigenvalue weighted by atomic mass is 10.1. The maximum Gasteiger partial charge on any atom is 0.353 e. The van der Waals surface area contributed by atoms with Crippen LogP contribution < -0.4 is 10.2 Å². The van der Waals surface area contributed by atoms with Crippen LogP contribution in [0.25, 0.3) is 0 Å². The standard InChI is InChI=1S/C28H30N6O4S/c1-3-33(4-2)39(37,38)25-17-15-24(16-18-25)31-27-26(34(35)36)28(30-21-29-27)32(19-22-11-7-5-8-12-22)20-23-13-9-6-10-14-23/h5-18,21H,3-4,19-20H2,1-2H3,(H,29,30,31). The topological polar surface area (TPSA) is 122 Å². The van der Waals surface area contributed by atoms with Gasteiger partial charge >= 0.3 is 5.69 Å². The fourth-order valence-corrected chi connectivity index (χ4v) is 5.69. The van der Waals surface area contributed by atoms with Gasteiger partial charge in [-0.25, -0.2) is 18.4 Å². The third-order valence-electron chi connectivity index (χ3n) is 6.18. The van der Waals surface area contributed by atoms with Gasteiger partial charge in [-0.1, -0.05) is 74.5 Å². The average molecular weight is 547 g/mol. The van der Waals surface area contributed by atoms with Gasteiger partial charge in [0.25, 0.3) is 0 Å². The van der Waals surface area contributed by atoms with E-state index in [4.69, 9.17) is 0 Å². The first-order chi connectivity index (χ1) is 18.8. The van der Waals surface area contributed by atoms with E-state index in [1.165, 1.54) is 22.8 Å². The highest BCUT2D eigenvalue weighted by molar-refractivity contribution is 7.89. The van der Waals surface area contributed by atoms with Crippen LogP contribution in [0.4, 0.5) is 23.0 Å². The number of hydrogen-bond acceptors (Lipinski definition) is 8. The molecule has 0 bridgehead atoms. The monoisotopic (exact) mass is 546 g/mol. The molecule has 202 valence electrons. The summed E-state index contributed by atoms with van der Waals surface area (Å²) in [5.74, 6) is 0.182. The van der Waals surface area contributed by atoms with Crippen molar-refractivity contribution in [3.63, 3.8) is 0 Å². The van der Waals surface area contributed by atoms with Crippen LogP contribution in [0.15, 0.2) is 96.2 Å². The molecule has 0 radical (unpaired) electrons. The molecule has 0 aliphatic rings. The lowest BCUT2D eigenvalue weighted by molar-refractivity contribution is -0.383. The van der Waals surface area contributed by atoms with Gasteiger partial charge in [0.15, 0.2) is 0 Å². The smallest absolute Gasteiger partial charge is 0.342 e. The number of nitro groups is 1. The summed E-state index contributed by atoms with van der Waals surface area (Å²) in [6, 6.07) is 25.4. The Kier molecular flexibility index (Phi) is 8.84. The molecule has 0 aliphatic heterocycles. The van der Waals surface area contributed by atoms with E-state index < -0.39 is 14.9 Å². The Balaban J connectivity index is 1.69. The third-order valence-corrected chi connectivity index (χ3v) is 8.24. The molecular weight excluding hydrogens is 516 g/mol. The lowest BCUT2D eigenvalue weighted by Gasteiger charge is -2.24. The zero-order valence-corrected chi connectivity index (χ0v) is 22.6. The Morgan fingerprint density at radius 3 is 1.85 bits per heavy atom. The molecule has 11 heteroatoms. The van der Waals surface area contributed by atoms with Crippen molar-refractivity contribution in [1.82, 2.24) is 14.3 Å². The van der Waals surface area contributed by atoms with E-state index in [0.29, 0.717) is 31.9 Å². The van der Waals surface area contributed by atoms with Crippen molar-refractivity contribution in [2.24, 2.45) is 0 Å². The van der Waals surface area contributed by atoms with Gasteiger partial charge in [0, 0.05) is 31.9 Å². The van der Waals surface area contributed by atoms with Crippen molar-refractivity contribution in [3.8, 4) is 0 Å². The normalized spacial score (nSPS) is 11.4. The fraction of sp³-hybridized carbons (Fsp3) is 0.214. The highest BCUT2D eigenvalue weighted by Crippen LogP contribution is 2.35. The van der Waals surface area contributed by atoms with E-state index >= 15 is 0 Å². The molecule has 1 N–H and O–H groups in total. The van der Waals surface area contributed by atoms with Gasteiger partial charge in [-0.05, 0) is 35.4 Å². The van der Waals surface area contributed by atoms with Gasteiger partial charge in [0.05, 0.1) is 9.82 Å². The minimum atomic E-state index is -3.62. The van der Waals surface area contributed by atoms with E-state index in [9.17, 15) is 18.5 Å². The molecule has 1 heterocycles. The summed E-state index contributed by atoms with van der Waals surface area (Å²) in [7, 11) is -3.62. The minimum absolute atomic E-state index is 0.00970. The van der Waals surface area contributed by atoms with Gasteiger partial charge in [-0.15, -0.1) is 0 Å². The zero-order chi connectivity index (χ0) is 27.8. The van der Waals surface area contributed by atoms with Crippen LogP contribution in [0.5, 0.6) is 0 Å². The highest BCUT2D eigenvalue weighted by atomic mass is 32.2. The van der Waals surface area contributed by atoms with Crippen LogP contribution in [-0.2, 0) is 23.1 Å². The van der Waals surface area contributed by atoms with Crippen LogP contribution >= 0.6 is 0 Å². The first-order valence-electron chi connectivity index (χ1n) is 12.5. The number of sulfonamides is 1. The predicted molar refractivity (Wildman–Crippen MR) is 151 cm³/mol. The number of benzene rings is 3. The second-order valence-electron chi connectivity index (χ2n) is 8.72. The average Bonchev–Trinajstić information content (AvgIpc) is 2.94. The summed E-state index contributed by atoms with van der Waals surface area (Å²) in [6.07, 6.45) is 1.28. The predicted octanol–water partition coefficient (Wildman–Crippen LogP) is 5.37. The molecule has 1 aromatic heterocycles. The number of anilines is 3. The van der Waals surface area contributed by atoms with Crippen molar-refractivity contribution < 1.29 is 13.3 Å². The molecule has 0 atom stereocenters. The first kappa shape index (κ1) is 27.7. The number of rotatable bonds is 12. The Labute approximate surface area is 228 Å². The number of nitrogens with zero attached hydrogens (tertiary/aromatic N) is 5. The van der Waals surface area contributed by atoms with E-state index in [2.05, 4.69) is 15.3 Å². The molecular formula is C28H30N6O4S. The summed E-state index contributed by atoms with van der Waals surface area (Å²) in [5.41, 5.74) is 2.13. The van der Waals surface area contributed by atoms with Crippen molar-refractivity contribution in [3.05, 3.63) is 112 Å². The number of hydrogen-bond donors (Lipinski definition) is 1. The second-order valence-corrected chi connectivity index (χ2v) is 10.7. The molecule has 0 spiro atoms. The summed E-state index contributed by atoms with van der Waals surface area (Å²) in [4.78, 5) is 22.3. The van der Waals surface area contributed by atoms with E-state index in [0.717, 1.165) is 11.1 Å². The second kappa shape index (κ2) is 12.5. The van der Waals surface area contributed by atoms with Crippen LogP contribution in [0.2, 0.25) is 0 Å². The van der Waals surface area contributed by atoms with Crippen LogP contribution in [0, 0.1) is 10.1 Å². The molecule has 0 amide bonds. The van der Waals surface area contributed by atoms with Gasteiger partial charge in [0.1, 0.15) is 6.33 Å². The van der Waals surface area contributed by atoms with Gasteiger partial charge in [-0.2, -0.15) is 4.31 Å². The van der Waals surface area contributed by atoms with Crippen molar-refractivity contribution in [2.75, 3.05) is 23.3 Å². The van der Waals surface area contributed by atoms with Crippen molar-refractivity contribution in [1.29, 1.82) is 0 Å². The van der Waals surface area contributed by atoms with Crippen LogP contribution in [0.3, 0.4) is 0 Å². The SMILES string of the molecule is CCN(CC)S(=O)(=O)c1ccc(Nc2ncnc(N(Cc3ccccc3)Cc3ccccc3)c2[N+](=O)[O-])cc1. The molecule has 0 aliphatic carbocycles. The molecule has 0 saturated heterocycles. The summed E-state index contributed by atoms with van der Waals surface area (Å²) in [5, 5.41) is 15.3. The molecule has 4 aromatic rings. The summed E-state index contributed by atoms with van der Waals surface area (Å²) < 4.78 is 27.0. The third kappa shape index (κ3) is 6.57. The Morgan fingerprint density at radius 2 is 1.36 bits per heavy atom. The van der Waals surface area contributed by atoms with Gasteiger partial charge in [-0.3, -0.25) is 10.1 Å². The minimum Gasteiger partial charge on any atom is -0.342 e. The quantitative estimate of drug-likeness (QED) is 0.186. The maximum absolute atomic E-state index is 12.8. The molecule has 0 saturated carbocycles. The molecule has 0 fully saturated rings. The van der Waals surface area contributed by atoms with Crippen LogP contribution in [-0.4, -0.2) is 40.7 Å².